The van der Waals surface area contributed by atoms with Gasteiger partial charge in [-0.1, -0.05) is 20.3 Å². The first-order valence-corrected chi connectivity index (χ1v) is 6.07. The van der Waals surface area contributed by atoms with Crippen LogP contribution in [0.15, 0.2) is 0 Å². The van der Waals surface area contributed by atoms with E-state index in [4.69, 9.17) is 0 Å². The van der Waals surface area contributed by atoms with Crippen molar-refractivity contribution in [2.45, 2.75) is 52.1 Å². The van der Waals surface area contributed by atoms with Crippen LogP contribution in [-0.2, 0) is 14.4 Å². The Morgan fingerprint density at radius 1 is 1.47 bits per heavy atom. The van der Waals surface area contributed by atoms with Crippen LogP contribution < -0.4 is 5.32 Å². The minimum atomic E-state index is -0.489. The van der Waals surface area contributed by atoms with E-state index >= 15 is 0 Å². The van der Waals surface area contributed by atoms with Crippen LogP contribution in [0.5, 0.6) is 0 Å². The summed E-state index contributed by atoms with van der Waals surface area (Å²) >= 11 is 0. The van der Waals surface area contributed by atoms with Crippen LogP contribution in [0.4, 0.5) is 0 Å². The third-order valence-electron chi connectivity index (χ3n) is 2.31. The number of amides is 2. The number of nitrogens with one attached hydrogen (secondary N) is 1. The Morgan fingerprint density at radius 3 is 2.53 bits per heavy atom. The highest BCUT2D eigenvalue weighted by atomic mass is 16.2. The lowest BCUT2D eigenvalue weighted by Crippen LogP contribution is -2.46. The lowest BCUT2D eigenvalue weighted by atomic mass is 10.2. The van der Waals surface area contributed by atoms with E-state index in [1.54, 1.807) is 6.92 Å². The monoisotopic (exact) mass is 242 g/mol. The summed E-state index contributed by atoms with van der Waals surface area (Å²) in [7, 11) is 0. The maximum absolute atomic E-state index is 11.5. The van der Waals surface area contributed by atoms with Crippen molar-refractivity contribution in [3.8, 4) is 0 Å². The van der Waals surface area contributed by atoms with E-state index in [2.05, 4.69) is 19.2 Å². The molecule has 2 unspecified atom stereocenters. The van der Waals surface area contributed by atoms with Crippen LogP contribution in [0.3, 0.4) is 0 Å². The number of aldehydes is 1. The first-order chi connectivity index (χ1) is 8.10. The van der Waals surface area contributed by atoms with Crippen LogP contribution in [0.25, 0.3) is 0 Å². The lowest BCUT2D eigenvalue weighted by Gasteiger charge is -2.19. The molecule has 0 aromatic heterocycles. The van der Waals surface area contributed by atoms with Gasteiger partial charge < -0.3 is 15.0 Å². The normalized spacial score (nSPS) is 19.9. The second-order valence-electron chi connectivity index (χ2n) is 4.14. The van der Waals surface area contributed by atoms with Crippen molar-refractivity contribution in [2.75, 3.05) is 6.54 Å². The molecule has 5 heteroatoms. The summed E-state index contributed by atoms with van der Waals surface area (Å²) in [6.07, 6.45) is 4.11. The maximum atomic E-state index is 11.5. The Hall–Kier alpha value is -1.39. The lowest BCUT2D eigenvalue weighted by molar-refractivity contribution is -0.132. The van der Waals surface area contributed by atoms with Gasteiger partial charge in [0.1, 0.15) is 12.3 Å². The fourth-order valence-corrected chi connectivity index (χ4v) is 1.55. The quantitative estimate of drug-likeness (QED) is 0.739. The van der Waals surface area contributed by atoms with Crippen LogP contribution >= 0.6 is 0 Å². The summed E-state index contributed by atoms with van der Waals surface area (Å²) < 4.78 is 0. The molecule has 0 saturated carbocycles. The molecule has 0 aromatic carbocycles. The Labute approximate surface area is 103 Å². The summed E-state index contributed by atoms with van der Waals surface area (Å²) in [6.45, 7) is 6.47. The molecule has 5 nitrogen and oxygen atoms in total. The SMILES string of the molecule is CC(C=O)NC(=O)C1CCCN1C=O.CCC. The number of rotatable bonds is 4. The maximum Gasteiger partial charge on any atom is 0.243 e. The van der Waals surface area contributed by atoms with E-state index in [-0.39, 0.29) is 5.91 Å². The average Bonchev–Trinajstić information content (AvgIpc) is 2.77. The Bertz CT molecular complexity index is 256. The zero-order chi connectivity index (χ0) is 13.3. The molecule has 1 fully saturated rings. The zero-order valence-electron chi connectivity index (χ0n) is 10.8. The van der Waals surface area contributed by atoms with Gasteiger partial charge in [0.25, 0.3) is 0 Å². The van der Waals surface area contributed by atoms with Gasteiger partial charge >= 0.3 is 0 Å². The van der Waals surface area contributed by atoms with E-state index in [0.29, 0.717) is 25.7 Å². The summed E-state index contributed by atoms with van der Waals surface area (Å²) in [5, 5.41) is 2.53. The minimum absolute atomic E-state index is 0.241. The van der Waals surface area contributed by atoms with Gasteiger partial charge in [0.2, 0.25) is 12.3 Å². The molecule has 2 atom stereocenters. The molecule has 1 rings (SSSR count). The second kappa shape index (κ2) is 8.73. The van der Waals surface area contributed by atoms with Crippen molar-refractivity contribution in [3.05, 3.63) is 0 Å². The Morgan fingerprint density at radius 2 is 2.06 bits per heavy atom. The van der Waals surface area contributed by atoms with E-state index in [0.717, 1.165) is 6.42 Å². The van der Waals surface area contributed by atoms with Crippen molar-refractivity contribution in [2.24, 2.45) is 0 Å². The third-order valence-corrected chi connectivity index (χ3v) is 2.31. The van der Waals surface area contributed by atoms with E-state index < -0.39 is 12.1 Å². The molecule has 1 N–H and O–H groups in total. The standard InChI is InChI=1S/C9H14N2O3.C3H8/c1-7(5-12)10-9(14)8-3-2-4-11(8)6-13;1-3-2/h5-8H,2-4H2,1H3,(H,10,14);3H2,1-2H3. The van der Waals surface area contributed by atoms with Gasteiger partial charge in [-0.25, -0.2) is 0 Å². The van der Waals surface area contributed by atoms with E-state index in [1.165, 1.54) is 11.3 Å². The van der Waals surface area contributed by atoms with Gasteiger partial charge in [0, 0.05) is 6.54 Å². The number of hydrogen-bond donors (Lipinski definition) is 1. The van der Waals surface area contributed by atoms with Crippen LogP contribution in [0, 0.1) is 0 Å². The predicted molar refractivity (Wildman–Crippen MR) is 65.4 cm³/mol. The number of carbonyl (C=O) groups is 3. The first kappa shape index (κ1) is 15.6. The van der Waals surface area contributed by atoms with Crippen molar-refractivity contribution >= 4 is 18.6 Å². The van der Waals surface area contributed by atoms with E-state index in [1.807, 2.05) is 0 Å². The molecular formula is C12H22N2O3. The van der Waals surface area contributed by atoms with E-state index in [9.17, 15) is 14.4 Å². The fraction of sp³-hybridized carbons (Fsp3) is 0.750. The number of nitrogens with zero attached hydrogens (tertiary/aromatic N) is 1. The Kier molecular flexibility index (Phi) is 8.01. The first-order valence-electron chi connectivity index (χ1n) is 6.07. The molecule has 0 radical (unpaired) electrons. The molecule has 1 saturated heterocycles. The minimum Gasteiger partial charge on any atom is -0.345 e. The van der Waals surface area contributed by atoms with Gasteiger partial charge in [-0.3, -0.25) is 9.59 Å². The van der Waals surface area contributed by atoms with Gasteiger partial charge in [-0.05, 0) is 19.8 Å². The molecule has 17 heavy (non-hydrogen) atoms. The molecule has 0 bridgehead atoms. The van der Waals surface area contributed by atoms with Crippen LogP contribution in [0.1, 0.15) is 40.0 Å². The topological polar surface area (TPSA) is 66.5 Å². The predicted octanol–water partition coefficient (Wildman–Crippen LogP) is 0.727. The second-order valence-corrected chi connectivity index (χ2v) is 4.14. The summed E-state index contributed by atoms with van der Waals surface area (Å²) in [5.74, 6) is -0.241. The highest BCUT2D eigenvalue weighted by Gasteiger charge is 2.29. The van der Waals surface area contributed by atoms with Gasteiger partial charge in [0.05, 0.1) is 6.04 Å². The van der Waals surface area contributed by atoms with Gasteiger partial charge in [-0.15, -0.1) is 0 Å². The number of likely N-dealkylation sites (tertiary alicyclic amines) is 1. The number of hydrogen-bond acceptors (Lipinski definition) is 3. The molecule has 0 aliphatic carbocycles. The summed E-state index contributed by atoms with van der Waals surface area (Å²) in [4.78, 5) is 33.8. The van der Waals surface area contributed by atoms with Crippen LogP contribution in [0.2, 0.25) is 0 Å². The molecule has 1 heterocycles. The Balaban J connectivity index is 0.000000770. The van der Waals surface area contributed by atoms with Gasteiger partial charge in [0.15, 0.2) is 0 Å². The van der Waals surface area contributed by atoms with Crippen molar-refractivity contribution in [1.82, 2.24) is 10.2 Å². The largest absolute Gasteiger partial charge is 0.345 e. The molecule has 1 aliphatic heterocycles. The average molecular weight is 242 g/mol. The summed E-state index contributed by atoms with van der Waals surface area (Å²) in [5.41, 5.74) is 0. The summed E-state index contributed by atoms with van der Waals surface area (Å²) in [6, 6.07) is -0.883. The smallest absolute Gasteiger partial charge is 0.243 e. The molecule has 2 amide bonds. The van der Waals surface area contributed by atoms with Crippen molar-refractivity contribution in [1.29, 1.82) is 0 Å². The molecule has 1 aliphatic rings. The fourth-order valence-electron chi connectivity index (χ4n) is 1.55. The molecular weight excluding hydrogens is 220 g/mol. The van der Waals surface area contributed by atoms with Crippen molar-refractivity contribution < 1.29 is 14.4 Å². The highest BCUT2D eigenvalue weighted by molar-refractivity contribution is 5.86. The van der Waals surface area contributed by atoms with Crippen molar-refractivity contribution in [3.63, 3.8) is 0 Å². The number of carbonyl (C=O) groups excluding carboxylic acids is 3. The molecule has 98 valence electrons. The van der Waals surface area contributed by atoms with Crippen LogP contribution in [-0.4, -0.2) is 42.1 Å². The zero-order valence-corrected chi connectivity index (χ0v) is 10.8. The highest BCUT2D eigenvalue weighted by Crippen LogP contribution is 2.14. The van der Waals surface area contributed by atoms with Gasteiger partial charge in [-0.2, -0.15) is 0 Å². The molecule has 0 aromatic rings. The third kappa shape index (κ3) is 5.47. The molecule has 0 spiro atoms.